The van der Waals surface area contributed by atoms with E-state index < -0.39 is 12.3 Å². The quantitative estimate of drug-likeness (QED) is 0.614. The average molecular weight is 137 g/mol. The number of rotatable bonds is 4. The fraction of sp³-hybridized carbons (Fsp3) is 0.800. The highest BCUT2D eigenvalue weighted by Gasteiger charge is 2.02. The number of hydrogen-bond donors (Lipinski definition) is 1. The Morgan fingerprint density at radius 1 is 1.56 bits per heavy atom. The van der Waals surface area contributed by atoms with Crippen LogP contribution in [0.25, 0.3) is 0 Å². The van der Waals surface area contributed by atoms with Crippen LogP contribution in [0.15, 0.2) is 0 Å². The van der Waals surface area contributed by atoms with E-state index in [1.54, 1.807) is 0 Å². The van der Waals surface area contributed by atoms with Crippen molar-refractivity contribution < 1.29 is 13.6 Å². The molecule has 4 heteroatoms. The molecule has 0 unspecified atom stereocenters. The Kier molecular flexibility index (Phi) is 3.92. The maximum Gasteiger partial charge on any atom is 0.238 e. The van der Waals surface area contributed by atoms with Gasteiger partial charge in [-0.3, -0.25) is 4.79 Å². The van der Waals surface area contributed by atoms with Gasteiger partial charge >= 0.3 is 0 Å². The van der Waals surface area contributed by atoms with Gasteiger partial charge in [-0.25, -0.2) is 8.78 Å². The minimum absolute atomic E-state index is 0.0599. The molecule has 0 aromatic rings. The average Bonchev–Trinajstić information content (AvgIpc) is 1.63. The number of primary amides is 1. The highest BCUT2D eigenvalue weighted by molar-refractivity contribution is 5.73. The van der Waals surface area contributed by atoms with E-state index in [0.717, 1.165) is 0 Å². The topological polar surface area (TPSA) is 43.1 Å². The second-order valence-corrected chi connectivity index (χ2v) is 1.75. The monoisotopic (exact) mass is 137 g/mol. The molecule has 2 N–H and O–H groups in total. The van der Waals surface area contributed by atoms with Gasteiger partial charge in [-0.05, 0) is 6.42 Å². The molecule has 0 fully saturated rings. The minimum Gasteiger partial charge on any atom is -0.370 e. The molecular weight excluding hydrogens is 128 g/mol. The van der Waals surface area contributed by atoms with Crippen molar-refractivity contribution in [3.05, 3.63) is 0 Å². The summed E-state index contributed by atoms with van der Waals surface area (Å²) in [4.78, 5) is 9.96. The first-order chi connectivity index (χ1) is 4.13. The van der Waals surface area contributed by atoms with E-state index in [2.05, 4.69) is 0 Å². The van der Waals surface area contributed by atoms with E-state index in [0.29, 0.717) is 0 Å². The Morgan fingerprint density at radius 3 is 2.44 bits per heavy atom. The van der Waals surface area contributed by atoms with Crippen LogP contribution in [0.5, 0.6) is 0 Å². The van der Waals surface area contributed by atoms with Crippen molar-refractivity contribution in [1.82, 2.24) is 0 Å². The third-order valence-corrected chi connectivity index (χ3v) is 0.846. The lowest BCUT2D eigenvalue weighted by Crippen LogP contribution is -2.10. The molecule has 0 aliphatic heterocycles. The van der Waals surface area contributed by atoms with Gasteiger partial charge in [0.1, 0.15) is 0 Å². The lowest BCUT2D eigenvalue weighted by atomic mass is 10.2. The Hall–Kier alpha value is -0.670. The number of hydrogen-bond acceptors (Lipinski definition) is 1. The van der Waals surface area contributed by atoms with Gasteiger partial charge in [0.25, 0.3) is 0 Å². The standard InChI is InChI=1S/C5H9F2NO/c6-4(7)2-1-3-5(8)9/h4H,1-3H2,(H2,8,9). The highest BCUT2D eigenvalue weighted by Crippen LogP contribution is 2.04. The zero-order valence-electron chi connectivity index (χ0n) is 4.94. The number of halogens is 2. The van der Waals surface area contributed by atoms with Crippen LogP contribution < -0.4 is 5.73 Å². The number of amides is 1. The summed E-state index contributed by atoms with van der Waals surface area (Å²) < 4.78 is 22.7. The molecule has 0 spiro atoms. The Labute approximate surface area is 52.0 Å². The van der Waals surface area contributed by atoms with Gasteiger partial charge in [0, 0.05) is 12.8 Å². The van der Waals surface area contributed by atoms with Gasteiger partial charge in [-0.1, -0.05) is 0 Å². The van der Waals surface area contributed by atoms with Crippen molar-refractivity contribution in [1.29, 1.82) is 0 Å². The molecule has 0 bridgehead atoms. The van der Waals surface area contributed by atoms with Gasteiger partial charge in [-0.2, -0.15) is 0 Å². The molecule has 0 aliphatic rings. The molecule has 0 heterocycles. The molecule has 1 amide bonds. The van der Waals surface area contributed by atoms with Crippen LogP contribution >= 0.6 is 0 Å². The molecule has 0 radical (unpaired) electrons. The van der Waals surface area contributed by atoms with Crippen LogP contribution in [-0.4, -0.2) is 12.3 Å². The van der Waals surface area contributed by atoms with Crippen molar-refractivity contribution in [3.63, 3.8) is 0 Å². The Bertz CT molecular complexity index is 95.0. The molecule has 0 aromatic carbocycles. The first kappa shape index (κ1) is 8.33. The lowest BCUT2D eigenvalue weighted by molar-refractivity contribution is -0.118. The summed E-state index contributed by atoms with van der Waals surface area (Å²) in [6, 6.07) is 0. The van der Waals surface area contributed by atoms with Crippen LogP contribution in [0.2, 0.25) is 0 Å². The lowest BCUT2D eigenvalue weighted by Gasteiger charge is -1.94. The fourth-order valence-corrected chi connectivity index (χ4v) is 0.431. The molecule has 0 aliphatic carbocycles. The predicted molar refractivity (Wildman–Crippen MR) is 29.0 cm³/mol. The van der Waals surface area contributed by atoms with E-state index in [1.807, 2.05) is 0 Å². The van der Waals surface area contributed by atoms with Crippen molar-refractivity contribution in [3.8, 4) is 0 Å². The van der Waals surface area contributed by atoms with Crippen molar-refractivity contribution in [2.75, 3.05) is 0 Å². The van der Waals surface area contributed by atoms with E-state index in [-0.39, 0.29) is 19.3 Å². The summed E-state index contributed by atoms with van der Waals surface area (Å²) in [5, 5.41) is 0. The summed E-state index contributed by atoms with van der Waals surface area (Å²) in [5.74, 6) is -0.518. The van der Waals surface area contributed by atoms with E-state index in [4.69, 9.17) is 5.73 Å². The molecule has 2 nitrogen and oxygen atoms in total. The maximum absolute atomic E-state index is 11.3. The van der Waals surface area contributed by atoms with Gasteiger partial charge < -0.3 is 5.73 Å². The van der Waals surface area contributed by atoms with E-state index in [9.17, 15) is 13.6 Å². The molecule has 9 heavy (non-hydrogen) atoms. The van der Waals surface area contributed by atoms with Crippen molar-refractivity contribution in [2.45, 2.75) is 25.7 Å². The summed E-state index contributed by atoms with van der Waals surface area (Å²) in [6.07, 6.45) is -2.30. The smallest absolute Gasteiger partial charge is 0.238 e. The highest BCUT2D eigenvalue weighted by atomic mass is 19.3. The van der Waals surface area contributed by atoms with Crippen LogP contribution in [0.3, 0.4) is 0 Å². The molecule has 0 aromatic heterocycles. The minimum atomic E-state index is -2.32. The van der Waals surface area contributed by atoms with Crippen molar-refractivity contribution in [2.24, 2.45) is 5.73 Å². The van der Waals surface area contributed by atoms with Crippen LogP contribution in [0.4, 0.5) is 8.78 Å². The SMILES string of the molecule is NC(=O)CCCC(F)F. The van der Waals surface area contributed by atoms with E-state index in [1.165, 1.54) is 0 Å². The predicted octanol–water partition coefficient (Wildman–Crippen LogP) is 0.907. The van der Waals surface area contributed by atoms with Crippen molar-refractivity contribution >= 4 is 5.91 Å². The second-order valence-electron chi connectivity index (χ2n) is 1.75. The molecule has 0 rings (SSSR count). The first-order valence-corrected chi connectivity index (χ1v) is 2.69. The molecular formula is C5H9F2NO. The fourth-order valence-electron chi connectivity index (χ4n) is 0.431. The van der Waals surface area contributed by atoms with Gasteiger partial charge in [0.15, 0.2) is 0 Å². The zero-order valence-corrected chi connectivity index (χ0v) is 4.94. The largest absolute Gasteiger partial charge is 0.370 e. The summed E-state index contributed by atoms with van der Waals surface area (Å²) in [7, 11) is 0. The molecule has 0 atom stereocenters. The Balaban J connectivity index is 3.01. The summed E-state index contributed by atoms with van der Waals surface area (Å²) in [5.41, 5.74) is 4.69. The van der Waals surface area contributed by atoms with Crippen LogP contribution in [-0.2, 0) is 4.79 Å². The third kappa shape index (κ3) is 7.33. The summed E-state index contributed by atoms with van der Waals surface area (Å²) in [6.45, 7) is 0. The zero-order chi connectivity index (χ0) is 7.28. The number of carbonyl (C=O) groups excluding carboxylic acids is 1. The van der Waals surface area contributed by atoms with Gasteiger partial charge in [-0.15, -0.1) is 0 Å². The van der Waals surface area contributed by atoms with Crippen LogP contribution in [0.1, 0.15) is 19.3 Å². The van der Waals surface area contributed by atoms with Gasteiger partial charge in [0.2, 0.25) is 12.3 Å². The first-order valence-electron chi connectivity index (χ1n) is 2.69. The van der Waals surface area contributed by atoms with Gasteiger partial charge in [0.05, 0.1) is 0 Å². The number of carbonyl (C=O) groups is 1. The molecule has 0 saturated heterocycles. The van der Waals surface area contributed by atoms with Crippen LogP contribution in [0, 0.1) is 0 Å². The summed E-state index contributed by atoms with van der Waals surface area (Å²) >= 11 is 0. The Morgan fingerprint density at radius 2 is 2.11 bits per heavy atom. The van der Waals surface area contributed by atoms with E-state index >= 15 is 0 Å². The maximum atomic E-state index is 11.3. The number of alkyl halides is 2. The second kappa shape index (κ2) is 4.23. The molecule has 0 saturated carbocycles. The normalized spacial score (nSPS) is 10.1. The number of nitrogens with two attached hydrogens (primary N) is 1. The third-order valence-electron chi connectivity index (χ3n) is 0.846. The molecule has 54 valence electrons.